The van der Waals surface area contributed by atoms with Crippen molar-refractivity contribution in [2.24, 2.45) is 10.8 Å². The highest BCUT2D eigenvalue weighted by Crippen LogP contribution is 2.24. The van der Waals surface area contributed by atoms with Gasteiger partial charge in [-0.2, -0.15) is 0 Å². The zero-order chi connectivity index (χ0) is 19.3. The molecule has 0 aliphatic heterocycles. The van der Waals surface area contributed by atoms with E-state index in [0.29, 0.717) is 26.4 Å². The van der Waals surface area contributed by atoms with Gasteiger partial charge < -0.3 is 18.9 Å². The molecule has 0 saturated carbocycles. The topological polar surface area (TPSA) is 71.1 Å². The van der Waals surface area contributed by atoms with Crippen LogP contribution in [0, 0.1) is 10.8 Å². The number of methoxy groups -OCH3 is 2. The lowest BCUT2D eigenvalue weighted by Gasteiger charge is -2.21. The number of hydrogen-bond donors (Lipinski definition) is 0. The van der Waals surface area contributed by atoms with Crippen molar-refractivity contribution in [1.29, 1.82) is 0 Å². The quantitative estimate of drug-likeness (QED) is 0.349. The van der Waals surface area contributed by atoms with Gasteiger partial charge in [-0.15, -0.1) is 0 Å². The second-order valence-electron chi connectivity index (χ2n) is 7.54. The smallest absolute Gasteiger partial charge is 0.311 e. The lowest BCUT2D eigenvalue weighted by molar-refractivity contribution is -0.152. The summed E-state index contributed by atoms with van der Waals surface area (Å²) in [6.07, 6.45) is 3.97. The summed E-state index contributed by atoms with van der Waals surface area (Å²) in [5.41, 5.74) is -0.918. The molecule has 0 atom stereocenters. The first-order valence-electron chi connectivity index (χ1n) is 8.99. The molecule has 0 bridgehead atoms. The molecule has 6 nitrogen and oxygen atoms in total. The van der Waals surface area contributed by atoms with Crippen molar-refractivity contribution in [1.82, 2.24) is 0 Å². The van der Waals surface area contributed by atoms with Crippen LogP contribution in [0.3, 0.4) is 0 Å². The summed E-state index contributed by atoms with van der Waals surface area (Å²) in [5.74, 6) is -0.368. The van der Waals surface area contributed by atoms with Crippen LogP contribution in [0.1, 0.15) is 59.8 Å². The SMILES string of the molecule is COC(=O)C(C)(C)CCCOCCCOCCCC(C)(C)C(=O)OC. The molecule has 0 aliphatic carbocycles. The van der Waals surface area contributed by atoms with Gasteiger partial charge in [0.05, 0.1) is 25.0 Å². The van der Waals surface area contributed by atoms with Crippen LogP contribution in [0.2, 0.25) is 0 Å². The van der Waals surface area contributed by atoms with Gasteiger partial charge in [0.25, 0.3) is 0 Å². The van der Waals surface area contributed by atoms with Crippen LogP contribution < -0.4 is 0 Å². The van der Waals surface area contributed by atoms with Crippen LogP contribution in [0.4, 0.5) is 0 Å². The molecule has 0 aromatic carbocycles. The number of ether oxygens (including phenoxy) is 4. The molecule has 6 heteroatoms. The van der Waals surface area contributed by atoms with E-state index in [9.17, 15) is 9.59 Å². The van der Waals surface area contributed by atoms with Gasteiger partial charge in [0.2, 0.25) is 0 Å². The first kappa shape index (κ1) is 23.9. The molecular weight excluding hydrogens is 324 g/mol. The molecule has 0 fully saturated rings. The van der Waals surface area contributed by atoms with E-state index in [1.54, 1.807) is 0 Å². The Morgan fingerprint density at radius 3 is 1.28 bits per heavy atom. The third-order valence-corrected chi connectivity index (χ3v) is 4.23. The second-order valence-corrected chi connectivity index (χ2v) is 7.54. The molecule has 0 aromatic rings. The van der Waals surface area contributed by atoms with E-state index in [1.165, 1.54) is 14.2 Å². The Bertz CT molecular complexity index is 353. The van der Waals surface area contributed by atoms with Gasteiger partial charge in [0.15, 0.2) is 0 Å². The fourth-order valence-electron chi connectivity index (χ4n) is 2.46. The molecule has 148 valence electrons. The van der Waals surface area contributed by atoms with Crippen molar-refractivity contribution in [2.45, 2.75) is 59.8 Å². The molecule has 0 aromatic heterocycles. The van der Waals surface area contributed by atoms with E-state index in [4.69, 9.17) is 18.9 Å². The monoisotopic (exact) mass is 360 g/mol. The van der Waals surface area contributed by atoms with E-state index in [0.717, 1.165) is 32.1 Å². The molecule has 0 amide bonds. The molecule has 0 saturated heterocycles. The van der Waals surface area contributed by atoms with Crippen molar-refractivity contribution < 1.29 is 28.5 Å². The van der Waals surface area contributed by atoms with Crippen LogP contribution in [0.15, 0.2) is 0 Å². The predicted molar refractivity (Wildman–Crippen MR) is 96.3 cm³/mol. The minimum absolute atomic E-state index is 0.184. The molecule has 0 aliphatic rings. The third-order valence-electron chi connectivity index (χ3n) is 4.23. The molecule has 0 N–H and O–H groups in total. The zero-order valence-corrected chi connectivity index (χ0v) is 16.8. The maximum absolute atomic E-state index is 11.5. The normalized spacial score (nSPS) is 12.1. The molecule has 0 rings (SSSR count). The number of rotatable bonds is 14. The predicted octanol–water partition coefficient (Wildman–Crippen LogP) is 3.37. The van der Waals surface area contributed by atoms with Gasteiger partial charge in [-0.1, -0.05) is 0 Å². The highest BCUT2D eigenvalue weighted by molar-refractivity contribution is 5.76. The van der Waals surface area contributed by atoms with Gasteiger partial charge in [0.1, 0.15) is 0 Å². The average molecular weight is 360 g/mol. The number of carbonyl (C=O) groups excluding carboxylic acids is 2. The van der Waals surface area contributed by atoms with Crippen LogP contribution in [-0.4, -0.2) is 52.6 Å². The van der Waals surface area contributed by atoms with Crippen LogP contribution in [0.25, 0.3) is 0 Å². The van der Waals surface area contributed by atoms with Crippen LogP contribution >= 0.6 is 0 Å². The fourth-order valence-corrected chi connectivity index (χ4v) is 2.46. The highest BCUT2D eigenvalue weighted by atomic mass is 16.5. The molecule has 0 spiro atoms. The van der Waals surface area contributed by atoms with Crippen molar-refractivity contribution in [3.8, 4) is 0 Å². The maximum atomic E-state index is 11.5. The summed E-state index contributed by atoms with van der Waals surface area (Å²) in [6.45, 7) is 10.1. The van der Waals surface area contributed by atoms with Crippen LogP contribution in [0.5, 0.6) is 0 Å². The molecule has 0 radical (unpaired) electrons. The Balaban J connectivity index is 3.51. The van der Waals surface area contributed by atoms with Crippen LogP contribution in [-0.2, 0) is 28.5 Å². The Kier molecular flexibility index (Phi) is 11.7. The lowest BCUT2D eigenvalue weighted by Crippen LogP contribution is -2.26. The largest absolute Gasteiger partial charge is 0.469 e. The second kappa shape index (κ2) is 12.3. The summed E-state index contributed by atoms with van der Waals surface area (Å²) < 4.78 is 20.7. The summed E-state index contributed by atoms with van der Waals surface area (Å²) >= 11 is 0. The summed E-state index contributed by atoms with van der Waals surface area (Å²) in [6, 6.07) is 0. The number of esters is 2. The molecular formula is C19H36O6. The van der Waals surface area contributed by atoms with E-state index in [-0.39, 0.29) is 11.9 Å². The standard InChI is InChI=1S/C19H36O6/c1-18(2,16(20)22-5)10-7-12-24-14-9-15-25-13-8-11-19(3,4)17(21)23-6/h7-15H2,1-6H3. The van der Waals surface area contributed by atoms with Crippen molar-refractivity contribution in [3.63, 3.8) is 0 Å². The van der Waals surface area contributed by atoms with Crippen molar-refractivity contribution in [2.75, 3.05) is 40.6 Å². The first-order valence-corrected chi connectivity index (χ1v) is 8.99. The van der Waals surface area contributed by atoms with E-state index >= 15 is 0 Å². The van der Waals surface area contributed by atoms with Gasteiger partial charge in [-0.05, 0) is 59.8 Å². The Morgan fingerprint density at radius 2 is 0.960 bits per heavy atom. The Labute approximate surface area is 152 Å². The van der Waals surface area contributed by atoms with Crippen molar-refractivity contribution in [3.05, 3.63) is 0 Å². The van der Waals surface area contributed by atoms with E-state index < -0.39 is 10.8 Å². The Morgan fingerprint density at radius 1 is 0.640 bits per heavy atom. The number of hydrogen-bond acceptors (Lipinski definition) is 6. The third kappa shape index (κ3) is 10.4. The summed E-state index contributed by atoms with van der Waals surface area (Å²) in [5, 5.41) is 0. The van der Waals surface area contributed by atoms with Gasteiger partial charge >= 0.3 is 11.9 Å². The minimum atomic E-state index is -0.459. The Hall–Kier alpha value is -1.14. The van der Waals surface area contributed by atoms with Gasteiger partial charge in [0, 0.05) is 26.4 Å². The minimum Gasteiger partial charge on any atom is -0.469 e. The van der Waals surface area contributed by atoms with E-state index in [1.807, 2.05) is 27.7 Å². The zero-order valence-electron chi connectivity index (χ0n) is 16.8. The maximum Gasteiger partial charge on any atom is 0.311 e. The van der Waals surface area contributed by atoms with Crippen molar-refractivity contribution >= 4 is 11.9 Å². The fraction of sp³-hybridized carbons (Fsp3) is 0.895. The number of carbonyl (C=O) groups is 2. The highest BCUT2D eigenvalue weighted by Gasteiger charge is 2.28. The average Bonchev–Trinajstić information content (AvgIpc) is 2.57. The van der Waals surface area contributed by atoms with Gasteiger partial charge in [-0.3, -0.25) is 9.59 Å². The van der Waals surface area contributed by atoms with E-state index in [2.05, 4.69) is 0 Å². The summed E-state index contributed by atoms with van der Waals surface area (Å²) in [7, 11) is 2.83. The first-order chi connectivity index (χ1) is 11.7. The summed E-state index contributed by atoms with van der Waals surface area (Å²) in [4.78, 5) is 23.1. The lowest BCUT2D eigenvalue weighted by atomic mass is 9.88. The molecule has 0 unspecified atom stereocenters. The molecule has 0 heterocycles. The van der Waals surface area contributed by atoms with Gasteiger partial charge in [-0.25, -0.2) is 0 Å². The molecule has 25 heavy (non-hydrogen) atoms.